The van der Waals surface area contributed by atoms with Gasteiger partial charge in [-0.3, -0.25) is 4.79 Å². The molecule has 0 fully saturated rings. The van der Waals surface area contributed by atoms with E-state index < -0.39 is 0 Å². The van der Waals surface area contributed by atoms with Gasteiger partial charge in [-0.25, -0.2) is 5.01 Å². The third kappa shape index (κ3) is 4.35. The average molecular weight is 470 g/mol. The quantitative estimate of drug-likeness (QED) is 0.347. The minimum absolute atomic E-state index is 0.0382. The highest BCUT2D eigenvalue weighted by atomic mass is 32.2. The van der Waals surface area contributed by atoms with E-state index in [1.807, 2.05) is 41.9 Å². The molecule has 34 heavy (non-hydrogen) atoms. The number of nitrogens with zero attached hydrogens (tertiary/aromatic N) is 5. The number of hydrogen-bond acceptors (Lipinski definition) is 5. The van der Waals surface area contributed by atoms with Gasteiger partial charge in [0.2, 0.25) is 0 Å². The second kappa shape index (κ2) is 9.43. The Hall–Kier alpha value is -3.45. The van der Waals surface area contributed by atoms with Crippen molar-refractivity contribution in [2.24, 2.45) is 12.1 Å². The molecule has 5 rings (SSSR count). The first-order valence-corrected chi connectivity index (χ1v) is 12.5. The molecule has 0 aliphatic carbocycles. The highest BCUT2D eigenvalue weighted by molar-refractivity contribution is 7.99. The molecule has 0 saturated heterocycles. The van der Waals surface area contributed by atoms with Crippen molar-refractivity contribution in [3.8, 4) is 0 Å². The number of fused-ring (bicyclic) bond motifs is 1. The van der Waals surface area contributed by atoms with Gasteiger partial charge in [0.25, 0.3) is 5.91 Å². The molecule has 1 amide bonds. The lowest BCUT2D eigenvalue weighted by atomic mass is 9.97. The van der Waals surface area contributed by atoms with Gasteiger partial charge in [-0.2, -0.15) is 5.10 Å². The van der Waals surface area contributed by atoms with Crippen molar-refractivity contribution in [1.29, 1.82) is 0 Å². The predicted molar refractivity (Wildman–Crippen MR) is 137 cm³/mol. The Morgan fingerprint density at radius 2 is 1.74 bits per heavy atom. The van der Waals surface area contributed by atoms with E-state index in [0.29, 0.717) is 6.42 Å². The average Bonchev–Trinajstić information content (AvgIpc) is 3.47. The van der Waals surface area contributed by atoms with Gasteiger partial charge in [0.05, 0.1) is 17.5 Å². The Labute approximate surface area is 203 Å². The number of benzene rings is 3. The summed E-state index contributed by atoms with van der Waals surface area (Å²) in [6.45, 7) is 4.17. The van der Waals surface area contributed by atoms with Crippen LogP contribution >= 0.6 is 11.8 Å². The van der Waals surface area contributed by atoms with Crippen LogP contribution in [0.1, 0.15) is 49.2 Å². The normalized spacial score (nSPS) is 15.8. The summed E-state index contributed by atoms with van der Waals surface area (Å²) < 4.78 is 1.96. The zero-order chi connectivity index (χ0) is 23.7. The molecule has 7 heteroatoms. The van der Waals surface area contributed by atoms with Crippen molar-refractivity contribution in [2.75, 3.05) is 5.75 Å². The van der Waals surface area contributed by atoms with E-state index in [4.69, 9.17) is 5.10 Å². The van der Waals surface area contributed by atoms with Gasteiger partial charge in [0.15, 0.2) is 5.16 Å². The first kappa shape index (κ1) is 22.3. The molecule has 0 bridgehead atoms. The summed E-state index contributed by atoms with van der Waals surface area (Å²) in [4.78, 5) is 13.4. The third-order valence-electron chi connectivity index (χ3n) is 6.14. The number of carbonyl (C=O) groups is 1. The van der Waals surface area contributed by atoms with E-state index in [-0.39, 0.29) is 23.6 Å². The molecule has 0 spiro atoms. The number of thioether (sulfide) groups is 1. The van der Waals surface area contributed by atoms with Gasteiger partial charge < -0.3 is 4.57 Å². The smallest absolute Gasteiger partial charge is 0.253 e. The van der Waals surface area contributed by atoms with Crippen LogP contribution in [0.5, 0.6) is 0 Å². The van der Waals surface area contributed by atoms with Gasteiger partial charge in [-0.05, 0) is 28.0 Å². The minimum Gasteiger partial charge on any atom is -0.309 e. The highest BCUT2D eigenvalue weighted by Gasteiger charge is 2.33. The first-order chi connectivity index (χ1) is 16.5. The van der Waals surface area contributed by atoms with Crippen LogP contribution in [0.15, 0.2) is 83.1 Å². The van der Waals surface area contributed by atoms with E-state index in [2.05, 4.69) is 66.5 Å². The minimum atomic E-state index is -0.124. The van der Waals surface area contributed by atoms with Crippen molar-refractivity contribution < 1.29 is 4.79 Å². The zero-order valence-corrected chi connectivity index (χ0v) is 20.4. The Kier molecular flexibility index (Phi) is 6.20. The van der Waals surface area contributed by atoms with E-state index in [1.165, 1.54) is 22.5 Å². The Balaban J connectivity index is 1.41. The molecular weight excluding hydrogens is 442 g/mol. The van der Waals surface area contributed by atoms with Crippen LogP contribution in [0.25, 0.3) is 10.8 Å². The van der Waals surface area contributed by atoms with E-state index in [9.17, 15) is 4.79 Å². The monoisotopic (exact) mass is 469 g/mol. The lowest BCUT2D eigenvalue weighted by Gasteiger charge is -2.21. The molecule has 3 aromatic carbocycles. The Bertz CT molecular complexity index is 1360. The van der Waals surface area contributed by atoms with E-state index in [1.54, 1.807) is 5.01 Å². The standard InChI is InChI=1S/C27H27N5OS/c1-18(2)26-28-29-27(31(26)3)34-17-25(33)32-24(20-10-5-4-6-11-20)16-23(30-32)22-14-13-19-9-7-8-12-21(19)15-22/h4-15,18,24H,16-17H2,1-3H3. The number of hydrogen-bond donors (Lipinski definition) is 0. The molecular formula is C27H27N5OS. The second-order valence-corrected chi connectivity index (χ2v) is 9.76. The maximum Gasteiger partial charge on any atom is 0.253 e. The molecule has 1 unspecified atom stereocenters. The Morgan fingerprint density at radius 1 is 1.00 bits per heavy atom. The topological polar surface area (TPSA) is 63.4 Å². The van der Waals surface area contributed by atoms with Crippen molar-refractivity contribution in [2.45, 2.75) is 37.4 Å². The lowest BCUT2D eigenvalue weighted by molar-refractivity contribution is -0.130. The van der Waals surface area contributed by atoms with Crippen molar-refractivity contribution in [3.05, 3.63) is 89.7 Å². The molecule has 172 valence electrons. The van der Waals surface area contributed by atoms with Crippen LogP contribution in [-0.4, -0.2) is 37.1 Å². The molecule has 0 radical (unpaired) electrons. The maximum absolute atomic E-state index is 13.4. The van der Waals surface area contributed by atoms with E-state index >= 15 is 0 Å². The summed E-state index contributed by atoms with van der Waals surface area (Å²) in [5.41, 5.74) is 3.07. The molecule has 1 atom stereocenters. The lowest BCUT2D eigenvalue weighted by Crippen LogP contribution is -2.28. The summed E-state index contributed by atoms with van der Waals surface area (Å²) in [5, 5.41) is 18.1. The van der Waals surface area contributed by atoms with E-state index in [0.717, 1.165) is 27.8 Å². The summed E-state index contributed by atoms with van der Waals surface area (Å²) in [7, 11) is 1.95. The molecule has 1 aliphatic heterocycles. The summed E-state index contributed by atoms with van der Waals surface area (Å²) in [6.07, 6.45) is 0.681. The fraction of sp³-hybridized carbons (Fsp3) is 0.259. The highest BCUT2D eigenvalue weighted by Crippen LogP contribution is 2.34. The van der Waals surface area contributed by atoms with Crippen LogP contribution in [0.3, 0.4) is 0 Å². The van der Waals surface area contributed by atoms with Crippen LogP contribution < -0.4 is 0 Å². The van der Waals surface area contributed by atoms with Crippen molar-refractivity contribution in [3.63, 3.8) is 0 Å². The SMILES string of the molecule is CC(C)c1nnc(SCC(=O)N2N=C(c3ccc4ccccc4c3)CC2c2ccccc2)n1C. The fourth-order valence-electron chi connectivity index (χ4n) is 4.37. The van der Waals surface area contributed by atoms with Gasteiger partial charge in [0, 0.05) is 19.4 Å². The van der Waals surface area contributed by atoms with Crippen LogP contribution in [0.4, 0.5) is 0 Å². The number of hydrazone groups is 1. The van der Waals surface area contributed by atoms with Crippen molar-refractivity contribution in [1.82, 2.24) is 19.8 Å². The molecule has 1 aromatic heterocycles. The largest absolute Gasteiger partial charge is 0.309 e. The van der Waals surface area contributed by atoms with Gasteiger partial charge in [-0.1, -0.05) is 92.3 Å². The first-order valence-electron chi connectivity index (χ1n) is 11.5. The summed E-state index contributed by atoms with van der Waals surface area (Å²) in [5.74, 6) is 1.40. The zero-order valence-electron chi connectivity index (χ0n) is 19.5. The number of carbonyl (C=O) groups excluding carboxylic acids is 1. The second-order valence-electron chi connectivity index (χ2n) is 8.82. The van der Waals surface area contributed by atoms with Crippen LogP contribution in [-0.2, 0) is 11.8 Å². The van der Waals surface area contributed by atoms with Crippen molar-refractivity contribution >= 4 is 34.2 Å². The molecule has 1 aliphatic rings. The molecule has 0 N–H and O–H groups in total. The summed E-state index contributed by atoms with van der Waals surface area (Å²) >= 11 is 1.41. The third-order valence-corrected chi connectivity index (χ3v) is 7.15. The van der Waals surface area contributed by atoms with Crippen LogP contribution in [0, 0.1) is 0 Å². The fourth-order valence-corrected chi connectivity index (χ4v) is 5.14. The molecule has 6 nitrogen and oxygen atoms in total. The van der Waals surface area contributed by atoms with Gasteiger partial charge in [0.1, 0.15) is 5.82 Å². The maximum atomic E-state index is 13.4. The number of aromatic nitrogens is 3. The number of amides is 1. The molecule has 0 saturated carbocycles. The summed E-state index contributed by atoms with van der Waals surface area (Å²) in [6, 6.07) is 24.7. The predicted octanol–water partition coefficient (Wildman–Crippen LogP) is 5.56. The molecule has 4 aromatic rings. The molecule has 2 heterocycles. The van der Waals surface area contributed by atoms with Crippen LogP contribution in [0.2, 0.25) is 0 Å². The van der Waals surface area contributed by atoms with Gasteiger partial charge >= 0.3 is 0 Å². The number of rotatable bonds is 6. The van der Waals surface area contributed by atoms with Gasteiger partial charge in [-0.15, -0.1) is 10.2 Å². The Morgan fingerprint density at radius 3 is 2.47 bits per heavy atom.